The summed E-state index contributed by atoms with van der Waals surface area (Å²) in [4.78, 5) is 24.9. The third-order valence-electron chi connectivity index (χ3n) is 5.26. The molecule has 35 heavy (non-hydrogen) atoms. The van der Waals surface area contributed by atoms with Gasteiger partial charge in [-0.2, -0.15) is 13.2 Å². The first-order chi connectivity index (χ1) is 16.8. The average molecular weight is 503 g/mol. The number of thioether (sulfide) groups is 1. The van der Waals surface area contributed by atoms with Gasteiger partial charge in [0.15, 0.2) is 0 Å². The number of carbonyl (C=O) groups is 2. The Balaban J connectivity index is 1.42. The van der Waals surface area contributed by atoms with Crippen molar-refractivity contribution in [1.82, 2.24) is 9.88 Å². The van der Waals surface area contributed by atoms with E-state index in [1.807, 2.05) is 35.0 Å². The molecule has 10 heteroatoms. The standard InChI is InChI=1S/C25H21F3N2O4S/c1-33-24(32)21-10-9-18(34-21)15-35-22-14-30(20-8-3-2-7-19(20)22)12-11-29-23(31)16-5-4-6-17(13-16)25(26,27)28/h2-10,13-14H,11-12,15H2,1H3,(H,29,31). The molecule has 0 saturated carbocycles. The van der Waals surface area contributed by atoms with Crippen LogP contribution in [0.4, 0.5) is 13.2 Å². The first kappa shape index (κ1) is 24.5. The molecule has 0 atom stereocenters. The maximum atomic E-state index is 12.9. The third-order valence-corrected chi connectivity index (χ3v) is 6.33. The summed E-state index contributed by atoms with van der Waals surface area (Å²) in [5.74, 6) is 0.158. The van der Waals surface area contributed by atoms with Gasteiger partial charge in [0.1, 0.15) is 5.76 Å². The monoisotopic (exact) mass is 502 g/mol. The Morgan fingerprint density at radius 1 is 1.09 bits per heavy atom. The Kier molecular flexibility index (Phi) is 7.20. The predicted octanol–water partition coefficient (Wildman–Crippen LogP) is 5.76. The van der Waals surface area contributed by atoms with Crippen LogP contribution in [0, 0.1) is 0 Å². The van der Waals surface area contributed by atoms with Gasteiger partial charge in [0.2, 0.25) is 5.76 Å². The molecule has 0 aliphatic heterocycles. The number of carbonyl (C=O) groups excluding carboxylic acids is 2. The van der Waals surface area contributed by atoms with E-state index in [0.29, 0.717) is 18.1 Å². The largest absolute Gasteiger partial charge is 0.463 e. The molecule has 0 radical (unpaired) electrons. The molecular weight excluding hydrogens is 481 g/mol. The molecular formula is C25H21F3N2O4S. The molecule has 1 amide bonds. The summed E-state index contributed by atoms with van der Waals surface area (Å²) < 4.78 is 50.9. The third kappa shape index (κ3) is 5.71. The summed E-state index contributed by atoms with van der Waals surface area (Å²) in [6.45, 7) is 0.664. The Bertz CT molecular complexity index is 1360. The maximum Gasteiger partial charge on any atom is 0.416 e. The number of esters is 1. The molecule has 1 N–H and O–H groups in total. The number of benzene rings is 2. The number of nitrogens with zero attached hydrogens (tertiary/aromatic N) is 1. The number of aromatic nitrogens is 1. The summed E-state index contributed by atoms with van der Waals surface area (Å²) in [5, 5.41) is 3.70. The molecule has 0 fully saturated rings. The van der Waals surface area contributed by atoms with Crippen molar-refractivity contribution < 1.29 is 31.9 Å². The molecule has 0 saturated heterocycles. The highest BCUT2D eigenvalue weighted by atomic mass is 32.2. The molecule has 2 aromatic carbocycles. The Labute approximate surface area is 203 Å². The number of nitrogens with one attached hydrogen (secondary N) is 1. The van der Waals surface area contributed by atoms with Crippen LogP contribution in [0.3, 0.4) is 0 Å². The lowest BCUT2D eigenvalue weighted by Gasteiger charge is -2.10. The molecule has 6 nitrogen and oxygen atoms in total. The van der Waals surface area contributed by atoms with Crippen LogP contribution in [0.15, 0.2) is 76.2 Å². The highest BCUT2D eigenvalue weighted by Crippen LogP contribution is 2.33. The topological polar surface area (TPSA) is 73.5 Å². The lowest BCUT2D eigenvalue weighted by Crippen LogP contribution is -2.27. The highest BCUT2D eigenvalue weighted by molar-refractivity contribution is 7.98. The number of halogens is 3. The van der Waals surface area contributed by atoms with Gasteiger partial charge in [-0.25, -0.2) is 4.79 Å². The van der Waals surface area contributed by atoms with Crippen LogP contribution < -0.4 is 5.32 Å². The fourth-order valence-electron chi connectivity index (χ4n) is 3.56. The number of methoxy groups -OCH3 is 1. The van der Waals surface area contributed by atoms with E-state index < -0.39 is 23.6 Å². The van der Waals surface area contributed by atoms with Crippen LogP contribution in [0.25, 0.3) is 10.9 Å². The van der Waals surface area contributed by atoms with E-state index in [9.17, 15) is 22.8 Å². The number of furan rings is 1. The zero-order chi connectivity index (χ0) is 25.0. The number of amides is 1. The van der Waals surface area contributed by atoms with Crippen LogP contribution in [0.2, 0.25) is 0 Å². The summed E-state index contributed by atoms with van der Waals surface area (Å²) in [5.41, 5.74) is 0.0507. The first-order valence-electron chi connectivity index (χ1n) is 10.6. The smallest absolute Gasteiger partial charge is 0.416 e. The molecule has 2 heterocycles. The zero-order valence-electron chi connectivity index (χ0n) is 18.6. The van der Waals surface area contributed by atoms with Crippen molar-refractivity contribution >= 4 is 34.5 Å². The van der Waals surface area contributed by atoms with Crippen LogP contribution in [0.1, 0.15) is 32.2 Å². The first-order valence-corrected chi connectivity index (χ1v) is 11.6. The normalized spacial score (nSPS) is 11.5. The van der Waals surface area contributed by atoms with Gasteiger partial charge in [-0.05, 0) is 36.4 Å². The molecule has 0 aliphatic rings. The maximum absolute atomic E-state index is 12.9. The van der Waals surface area contributed by atoms with E-state index in [1.54, 1.807) is 12.1 Å². The van der Waals surface area contributed by atoms with E-state index in [0.717, 1.165) is 27.9 Å². The van der Waals surface area contributed by atoms with Crippen LogP contribution in [-0.2, 0) is 23.2 Å². The predicted molar refractivity (Wildman–Crippen MR) is 125 cm³/mol. The molecule has 0 spiro atoms. The van der Waals surface area contributed by atoms with Crippen molar-refractivity contribution in [3.05, 3.63) is 89.5 Å². The van der Waals surface area contributed by atoms with Crippen molar-refractivity contribution in [2.75, 3.05) is 13.7 Å². The minimum absolute atomic E-state index is 0.0433. The van der Waals surface area contributed by atoms with Gasteiger partial charge in [0.25, 0.3) is 5.91 Å². The summed E-state index contributed by atoms with van der Waals surface area (Å²) >= 11 is 1.54. The van der Waals surface area contributed by atoms with E-state index >= 15 is 0 Å². The zero-order valence-corrected chi connectivity index (χ0v) is 19.4. The SMILES string of the molecule is COC(=O)c1ccc(CSc2cn(CCNC(=O)c3cccc(C(F)(F)F)c3)c3ccccc23)o1. The van der Waals surface area contributed by atoms with Crippen molar-refractivity contribution in [3.63, 3.8) is 0 Å². The summed E-state index contributed by atoms with van der Waals surface area (Å²) in [6.07, 6.45) is -2.55. The van der Waals surface area contributed by atoms with Crippen molar-refractivity contribution in [2.24, 2.45) is 0 Å². The molecule has 0 bridgehead atoms. The Morgan fingerprint density at radius 3 is 2.66 bits per heavy atom. The fraction of sp³-hybridized carbons (Fsp3) is 0.200. The quantitative estimate of drug-likeness (QED) is 0.245. The van der Waals surface area contributed by atoms with Gasteiger partial charge >= 0.3 is 12.1 Å². The van der Waals surface area contributed by atoms with Crippen molar-refractivity contribution in [1.29, 1.82) is 0 Å². The van der Waals surface area contributed by atoms with Crippen LogP contribution in [0.5, 0.6) is 0 Å². The number of alkyl halides is 3. The van der Waals surface area contributed by atoms with Gasteiger partial charge in [0.05, 0.1) is 18.4 Å². The van der Waals surface area contributed by atoms with E-state index in [-0.39, 0.29) is 17.9 Å². The van der Waals surface area contributed by atoms with Crippen molar-refractivity contribution in [3.8, 4) is 0 Å². The van der Waals surface area contributed by atoms with Gasteiger partial charge in [0, 0.05) is 40.6 Å². The minimum Gasteiger partial charge on any atom is -0.463 e. The molecule has 182 valence electrons. The fourth-order valence-corrected chi connectivity index (χ4v) is 4.54. The lowest BCUT2D eigenvalue weighted by atomic mass is 10.1. The highest BCUT2D eigenvalue weighted by Gasteiger charge is 2.30. The van der Waals surface area contributed by atoms with E-state index in [2.05, 4.69) is 10.1 Å². The molecule has 4 aromatic rings. The molecule has 4 rings (SSSR count). The number of hydrogen-bond acceptors (Lipinski definition) is 5. The summed E-state index contributed by atoms with van der Waals surface area (Å²) in [6, 6.07) is 15.4. The molecule has 0 unspecified atom stereocenters. The summed E-state index contributed by atoms with van der Waals surface area (Å²) in [7, 11) is 1.29. The van der Waals surface area contributed by atoms with Crippen molar-refractivity contribution in [2.45, 2.75) is 23.4 Å². The number of para-hydroxylation sites is 1. The van der Waals surface area contributed by atoms with Crippen LogP contribution >= 0.6 is 11.8 Å². The number of hydrogen-bond donors (Lipinski definition) is 1. The second-order valence-electron chi connectivity index (χ2n) is 7.58. The Morgan fingerprint density at radius 2 is 1.89 bits per heavy atom. The number of ether oxygens (including phenoxy) is 1. The second-order valence-corrected chi connectivity index (χ2v) is 8.60. The number of fused-ring (bicyclic) bond motifs is 1. The van der Waals surface area contributed by atoms with Gasteiger partial charge < -0.3 is 19.0 Å². The van der Waals surface area contributed by atoms with E-state index in [1.165, 1.54) is 31.0 Å². The van der Waals surface area contributed by atoms with Gasteiger partial charge in [-0.15, -0.1) is 11.8 Å². The lowest BCUT2D eigenvalue weighted by molar-refractivity contribution is -0.137. The minimum atomic E-state index is -4.51. The Hall–Kier alpha value is -3.66. The molecule has 0 aliphatic carbocycles. The molecule has 2 aromatic heterocycles. The average Bonchev–Trinajstić information content (AvgIpc) is 3.47. The number of rotatable bonds is 8. The van der Waals surface area contributed by atoms with Crippen LogP contribution in [-0.4, -0.2) is 30.1 Å². The van der Waals surface area contributed by atoms with Gasteiger partial charge in [-0.3, -0.25) is 4.79 Å². The second kappa shape index (κ2) is 10.3. The van der Waals surface area contributed by atoms with Gasteiger partial charge in [-0.1, -0.05) is 24.3 Å². The van der Waals surface area contributed by atoms with E-state index in [4.69, 9.17) is 4.42 Å².